The number of hydrogen-bond donors (Lipinski definition) is 1. The van der Waals surface area contributed by atoms with Gasteiger partial charge >= 0.3 is 0 Å². The molecule has 0 spiro atoms. The zero-order chi connectivity index (χ0) is 14.0. The number of rotatable bonds is 4. The Morgan fingerprint density at radius 1 is 1.21 bits per heavy atom. The van der Waals surface area contributed by atoms with E-state index in [-0.39, 0.29) is 6.04 Å². The van der Waals surface area contributed by atoms with E-state index < -0.39 is 0 Å². The average Bonchev–Trinajstić information content (AvgIpc) is 2.83. The SMILES string of the molecule is COc1ccc(C(N)c2ccc(C)o2)c(N(C)C)c1. The lowest BCUT2D eigenvalue weighted by atomic mass is 10.0. The number of anilines is 1. The Balaban J connectivity index is 2.43. The lowest BCUT2D eigenvalue weighted by Gasteiger charge is -2.21. The number of benzene rings is 1. The van der Waals surface area contributed by atoms with Gasteiger partial charge < -0.3 is 19.8 Å². The largest absolute Gasteiger partial charge is 0.497 e. The van der Waals surface area contributed by atoms with Crippen LogP contribution in [-0.4, -0.2) is 21.2 Å². The Morgan fingerprint density at radius 3 is 2.47 bits per heavy atom. The molecule has 4 nitrogen and oxygen atoms in total. The van der Waals surface area contributed by atoms with Gasteiger partial charge in [-0.25, -0.2) is 0 Å². The molecular formula is C15H20N2O2. The van der Waals surface area contributed by atoms with Crippen molar-refractivity contribution in [3.05, 3.63) is 47.4 Å². The van der Waals surface area contributed by atoms with Gasteiger partial charge in [0.25, 0.3) is 0 Å². The van der Waals surface area contributed by atoms with Crippen LogP contribution in [0.3, 0.4) is 0 Å². The quantitative estimate of drug-likeness (QED) is 0.918. The van der Waals surface area contributed by atoms with Crippen LogP contribution in [0.15, 0.2) is 34.7 Å². The van der Waals surface area contributed by atoms with Crippen molar-refractivity contribution >= 4 is 5.69 Å². The summed E-state index contributed by atoms with van der Waals surface area (Å²) in [6, 6.07) is 9.44. The van der Waals surface area contributed by atoms with Crippen LogP contribution < -0.4 is 15.4 Å². The van der Waals surface area contributed by atoms with Crippen LogP contribution in [0.1, 0.15) is 23.1 Å². The van der Waals surface area contributed by atoms with E-state index in [2.05, 4.69) is 0 Å². The van der Waals surface area contributed by atoms with Gasteiger partial charge in [0.15, 0.2) is 0 Å². The molecule has 102 valence electrons. The van der Waals surface area contributed by atoms with Gasteiger partial charge in [0.2, 0.25) is 0 Å². The summed E-state index contributed by atoms with van der Waals surface area (Å²) >= 11 is 0. The Kier molecular flexibility index (Phi) is 3.81. The molecule has 2 aromatic rings. The predicted octanol–water partition coefficient (Wildman–Crippen LogP) is 2.71. The number of methoxy groups -OCH3 is 1. The number of ether oxygens (including phenoxy) is 1. The highest BCUT2D eigenvalue weighted by Crippen LogP contribution is 2.32. The van der Waals surface area contributed by atoms with Crippen molar-refractivity contribution in [2.24, 2.45) is 5.73 Å². The van der Waals surface area contributed by atoms with Crippen LogP contribution in [-0.2, 0) is 0 Å². The molecule has 1 aromatic heterocycles. The molecule has 0 bridgehead atoms. The minimum Gasteiger partial charge on any atom is -0.497 e. The second-order valence-electron chi connectivity index (χ2n) is 4.75. The summed E-state index contributed by atoms with van der Waals surface area (Å²) < 4.78 is 10.9. The zero-order valence-corrected chi connectivity index (χ0v) is 11.8. The van der Waals surface area contributed by atoms with E-state index in [4.69, 9.17) is 14.9 Å². The summed E-state index contributed by atoms with van der Waals surface area (Å²) in [5.74, 6) is 2.45. The monoisotopic (exact) mass is 260 g/mol. The molecule has 0 aliphatic rings. The fourth-order valence-electron chi connectivity index (χ4n) is 2.07. The molecule has 1 aromatic carbocycles. The molecule has 2 rings (SSSR count). The number of furan rings is 1. The minimum atomic E-state index is -0.281. The van der Waals surface area contributed by atoms with Crippen molar-refractivity contribution < 1.29 is 9.15 Å². The lowest BCUT2D eigenvalue weighted by Crippen LogP contribution is -2.18. The molecule has 0 aliphatic carbocycles. The summed E-state index contributed by atoms with van der Waals surface area (Å²) in [7, 11) is 5.63. The summed E-state index contributed by atoms with van der Waals surface area (Å²) in [5, 5.41) is 0. The van der Waals surface area contributed by atoms with Crippen LogP contribution >= 0.6 is 0 Å². The highest BCUT2D eigenvalue weighted by molar-refractivity contribution is 5.58. The fourth-order valence-corrected chi connectivity index (χ4v) is 2.07. The van der Waals surface area contributed by atoms with Crippen molar-refractivity contribution in [2.75, 3.05) is 26.1 Å². The molecule has 0 amide bonds. The molecule has 0 saturated heterocycles. The molecule has 0 radical (unpaired) electrons. The van der Waals surface area contributed by atoms with Gasteiger partial charge in [-0.15, -0.1) is 0 Å². The first kappa shape index (κ1) is 13.5. The van der Waals surface area contributed by atoms with Crippen molar-refractivity contribution in [3.8, 4) is 5.75 Å². The number of nitrogens with two attached hydrogens (primary N) is 1. The molecule has 0 fully saturated rings. The van der Waals surface area contributed by atoms with Crippen molar-refractivity contribution in [1.29, 1.82) is 0 Å². The minimum absolute atomic E-state index is 0.281. The lowest BCUT2D eigenvalue weighted by molar-refractivity contribution is 0.414. The first-order valence-corrected chi connectivity index (χ1v) is 6.20. The maximum absolute atomic E-state index is 6.30. The van der Waals surface area contributed by atoms with E-state index in [1.54, 1.807) is 7.11 Å². The molecule has 4 heteroatoms. The van der Waals surface area contributed by atoms with Crippen molar-refractivity contribution in [3.63, 3.8) is 0 Å². The predicted molar refractivity (Wildman–Crippen MR) is 76.8 cm³/mol. The van der Waals surface area contributed by atoms with Gasteiger partial charge in [-0.3, -0.25) is 0 Å². The van der Waals surface area contributed by atoms with Gasteiger partial charge in [0.1, 0.15) is 17.3 Å². The third kappa shape index (κ3) is 2.74. The van der Waals surface area contributed by atoms with E-state index in [9.17, 15) is 0 Å². The van der Waals surface area contributed by atoms with E-state index in [1.165, 1.54) is 0 Å². The first-order valence-electron chi connectivity index (χ1n) is 6.20. The smallest absolute Gasteiger partial charge is 0.125 e. The highest BCUT2D eigenvalue weighted by Gasteiger charge is 2.18. The average molecular weight is 260 g/mol. The van der Waals surface area contributed by atoms with Crippen molar-refractivity contribution in [1.82, 2.24) is 0 Å². The third-order valence-electron chi connectivity index (χ3n) is 3.12. The summed E-state index contributed by atoms with van der Waals surface area (Å²) in [6.45, 7) is 1.91. The van der Waals surface area contributed by atoms with Crippen LogP contribution in [0.4, 0.5) is 5.69 Å². The van der Waals surface area contributed by atoms with Crippen molar-refractivity contribution in [2.45, 2.75) is 13.0 Å². The second-order valence-corrected chi connectivity index (χ2v) is 4.75. The number of hydrogen-bond acceptors (Lipinski definition) is 4. The van der Waals surface area contributed by atoms with E-state index >= 15 is 0 Å². The first-order chi connectivity index (χ1) is 9.02. The Labute approximate surface area is 113 Å². The standard InChI is InChI=1S/C15H20N2O2/c1-10-5-8-14(19-10)15(16)12-7-6-11(18-4)9-13(12)17(2)3/h5-9,15H,16H2,1-4H3. The summed E-state index contributed by atoms with van der Waals surface area (Å²) in [4.78, 5) is 2.02. The second kappa shape index (κ2) is 5.36. The summed E-state index contributed by atoms with van der Waals surface area (Å²) in [6.07, 6.45) is 0. The van der Waals surface area contributed by atoms with Crippen LogP contribution in [0.5, 0.6) is 5.75 Å². The number of nitrogens with zero attached hydrogens (tertiary/aromatic N) is 1. The van der Waals surface area contributed by atoms with E-state index in [0.717, 1.165) is 28.5 Å². The molecule has 0 aliphatic heterocycles. The van der Waals surface area contributed by atoms with Gasteiger partial charge in [0.05, 0.1) is 13.2 Å². The fraction of sp³-hybridized carbons (Fsp3) is 0.333. The normalized spacial score (nSPS) is 12.3. The Morgan fingerprint density at radius 2 is 1.95 bits per heavy atom. The van der Waals surface area contributed by atoms with Gasteiger partial charge in [-0.1, -0.05) is 6.07 Å². The Hall–Kier alpha value is -1.94. The highest BCUT2D eigenvalue weighted by atomic mass is 16.5. The maximum Gasteiger partial charge on any atom is 0.125 e. The van der Waals surface area contributed by atoms with Crippen LogP contribution in [0, 0.1) is 6.92 Å². The van der Waals surface area contributed by atoms with Gasteiger partial charge in [0, 0.05) is 31.4 Å². The molecular weight excluding hydrogens is 240 g/mol. The topological polar surface area (TPSA) is 51.6 Å². The molecule has 0 saturated carbocycles. The van der Waals surface area contributed by atoms with E-state index in [0.29, 0.717) is 0 Å². The molecule has 1 atom stereocenters. The Bertz CT molecular complexity index is 561. The molecule has 1 heterocycles. The van der Waals surface area contributed by atoms with Gasteiger partial charge in [-0.05, 0) is 25.1 Å². The van der Waals surface area contributed by atoms with Crippen LogP contribution in [0.2, 0.25) is 0 Å². The molecule has 2 N–H and O–H groups in total. The van der Waals surface area contributed by atoms with Gasteiger partial charge in [-0.2, -0.15) is 0 Å². The summed E-state index contributed by atoms with van der Waals surface area (Å²) in [5.41, 5.74) is 8.34. The van der Waals surface area contributed by atoms with E-state index in [1.807, 2.05) is 56.3 Å². The maximum atomic E-state index is 6.30. The molecule has 1 unspecified atom stereocenters. The van der Waals surface area contributed by atoms with Crippen LogP contribution in [0.25, 0.3) is 0 Å². The zero-order valence-electron chi connectivity index (χ0n) is 11.8. The number of aryl methyl sites for hydroxylation is 1. The third-order valence-corrected chi connectivity index (χ3v) is 3.12. The molecule has 19 heavy (non-hydrogen) atoms.